The first-order chi connectivity index (χ1) is 6.59. The van der Waals surface area contributed by atoms with Crippen molar-refractivity contribution in [3.8, 4) is 0 Å². The van der Waals surface area contributed by atoms with Crippen molar-refractivity contribution in [3.05, 3.63) is 29.8 Å². The standard InChI is InChI=1S/C10H11NO3/c11-9-4-2-1-3-7(9)5-8(12)6-10(13)14/h1-4H,5-6,11H2,(H,13,14). The molecule has 0 atom stereocenters. The van der Waals surface area contributed by atoms with Crippen molar-refractivity contribution >= 4 is 17.4 Å². The van der Waals surface area contributed by atoms with Crippen LogP contribution in [0.2, 0.25) is 0 Å². The van der Waals surface area contributed by atoms with Gasteiger partial charge >= 0.3 is 5.97 Å². The van der Waals surface area contributed by atoms with Gasteiger partial charge in [0, 0.05) is 12.1 Å². The summed E-state index contributed by atoms with van der Waals surface area (Å²) in [5, 5.41) is 8.38. The van der Waals surface area contributed by atoms with Crippen LogP contribution in [0, 0.1) is 0 Å². The van der Waals surface area contributed by atoms with Crippen molar-refractivity contribution in [3.63, 3.8) is 0 Å². The number of hydrogen-bond acceptors (Lipinski definition) is 3. The van der Waals surface area contributed by atoms with E-state index in [1.165, 1.54) is 0 Å². The summed E-state index contributed by atoms with van der Waals surface area (Å²) in [6, 6.07) is 6.93. The number of rotatable bonds is 4. The summed E-state index contributed by atoms with van der Waals surface area (Å²) >= 11 is 0. The number of benzene rings is 1. The van der Waals surface area contributed by atoms with Crippen molar-refractivity contribution in [2.45, 2.75) is 12.8 Å². The number of carbonyl (C=O) groups is 2. The monoisotopic (exact) mass is 193 g/mol. The number of aliphatic carboxylic acids is 1. The molecule has 4 nitrogen and oxygen atoms in total. The lowest BCUT2D eigenvalue weighted by molar-refractivity contribution is -0.140. The summed E-state index contributed by atoms with van der Waals surface area (Å²) in [5.41, 5.74) is 6.80. The number of nitrogens with two attached hydrogens (primary N) is 1. The van der Waals surface area contributed by atoms with Gasteiger partial charge in [-0.1, -0.05) is 18.2 Å². The molecule has 0 aliphatic heterocycles. The van der Waals surface area contributed by atoms with Gasteiger partial charge in [-0.3, -0.25) is 9.59 Å². The molecular weight excluding hydrogens is 182 g/mol. The zero-order chi connectivity index (χ0) is 10.6. The third-order valence-corrected chi connectivity index (χ3v) is 1.79. The van der Waals surface area contributed by atoms with Gasteiger partial charge in [0.1, 0.15) is 12.2 Å². The first-order valence-electron chi connectivity index (χ1n) is 4.16. The zero-order valence-corrected chi connectivity index (χ0v) is 7.56. The number of anilines is 1. The molecule has 0 amide bonds. The summed E-state index contributed by atoms with van der Waals surface area (Å²) < 4.78 is 0. The minimum absolute atomic E-state index is 0.0823. The maximum Gasteiger partial charge on any atom is 0.310 e. The third kappa shape index (κ3) is 2.90. The van der Waals surface area contributed by atoms with E-state index in [0.717, 1.165) is 0 Å². The SMILES string of the molecule is Nc1ccccc1CC(=O)CC(=O)O. The Morgan fingerprint density at radius 3 is 2.50 bits per heavy atom. The summed E-state index contributed by atoms with van der Waals surface area (Å²) in [7, 11) is 0. The lowest BCUT2D eigenvalue weighted by atomic mass is 10.1. The van der Waals surface area contributed by atoms with Gasteiger partial charge in [-0.05, 0) is 11.6 Å². The van der Waals surface area contributed by atoms with Crippen LogP contribution >= 0.6 is 0 Å². The van der Waals surface area contributed by atoms with Crippen LogP contribution in [0.3, 0.4) is 0 Å². The lowest BCUT2D eigenvalue weighted by Gasteiger charge is -2.02. The molecule has 0 bridgehead atoms. The Labute approximate surface area is 81.3 Å². The Balaban J connectivity index is 2.65. The van der Waals surface area contributed by atoms with Crippen LogP contribution in [-0.4, -0.2) is 16.9 Å². The minimum atomic E-state index is -1.11. The van der Waals surface area contributed by atoms with E-state index < -0.39 is 12.4 Å². The van der Waals surface area contributed by atoms with E-state index in [0.29, 0.717) is 11.3 Å². The number of nitrogen functional groups attached to an aromatic ring is 1. The molecule has 1 aromatic carbocycles. The van der Waals surface area contributed by atoms with Gasteiger partial charge in [0.25, 0.3) is 0 Å². The van der Waals surface area contributed by atoms with Crippen molar-refractivity contribution in [2.75, 3.05) is 5.73 Å². The van der Waals surface area contributed by atoms with Gasteiger partial charge < -0.3 is 10.8 Å². The van der Waals surface area contributed by atoms with Crippen LogP contribution in [0.25, 0.3) is 0 Å². The highest BCUT2D eigenvalue weighted by Crippen LogP contribution is 2.11. The van der Waals surface area contributed by atoms with Crippen LogP contribution in [0.5, 0.6) is 0 Å². The molecule has 1 rings (SSSR count). The Morgan fingerprint density at radius 1 is 1.29 bits per heavy atom. The van der Waals surface area contributed by atoms with Crippen LogP contribution in [0.15, 0.2) is 24.3 Å². The molecular formula is C10H11NO3. The average Bonchev–Trinajstić information content (AvgIpc) is 2.07. The first-order valence-corrected chi connectivity index (χ1v) is 4.16. The molecule has 0 unspecified atom stereocenters. The Morgan fingerprint density at radius 2 is 1.93 bits per heavy atom. The van der Waals surface area contributed by atoms with Gasteiger partial charge in [0.2, 0.25) is 0 Å². The topological polar surface area (TPSA) is 80.4 Å². The van der Waals surface area contributed by atoms with Crippen LogP contribution in [-0.2, 0) is 16.0 Å². The average molecular weight is 193 g/mol. The van der Waals surface area contributed by atoms with Crippen LogP contribution < -0.4 is 5.73 Å². The fourth-order valence-electron chi connectivity index (χ4n) is 1.14. The van der Waals surface area contributed by atoms with Crippen LogP contribution in [0.1, 0.15) is 12.0 Å². The van der Waals surface area contributed by atoms with Crippen molar-refractivity contribution < 1.29 is 14.7 Å². The Kier molecular flexibility index (Phi) is 3.23. The molecule has 3 N–H and O–H groups in total. The Hall–Kier alpha value is -1.84. The van der Waals surface area contributed by atoms with Crippen molar-refractivity contribution in [2.24, 2.45) is 0 Å². The summed E-state index contributed by atoms with van der Waals surface area (Å²) in [6.45, 7) is 0. The summed E-state index contributed by atoms with van der Waals surface area (Å²) in [6.07, 6.45) is -0.368. The predicted octanol–water partition coefficient (Wildman–Crippen LogP) is 0.855. The molecule has 14 heavy (non-hydrogen) atoms. The van der Waals surface area contributed by atoms with Crippen LogP contribution in [0.4, 0.5) is 5.69 Å². The van der Waals surface area contributed by atoms with Gasteiger partial charge in [-0.2, -0.15) is 0 Å². The normalized spacial score (nSPS) is 9.71. The number of carboxylic acids is 1. The first kappa shape index (κ1) is 10.2. The van der Waals surface area contributed by atoms with Gasteiger partial charge in [-0.25, -0.2) is 0 Å². The molecule has 1 aromatic rings. The zero-order valence-electron chi connectivity index (χ0n) is 7.56. The van der Waals surface area contributed by atoms with E-state index in [4.69, 9.17) is 10.8 Å². The molecule has 0 heterocycles. The molecule has 0 fully saturated rings. The second kappa shape index (κ2) is 4.41. The molecule has 0 aliphatic carbocycles. The van der Waals surface area contributed by atoms with Gasteiger partial charge in [-0.15, -0.1) is 0 Å². The Bertz CT molecular complexity index is 360. The highest BCUT2D eigenvalue weighted by molar-refractivity contribution is 5.96. The summed E-state index contributed by atoms with van der Waals surface area (Å²) in [4.78, 5) is 21.4. The number of Topliss-reactive ketones (excluding diaryl/α,β-unsaturated/α-hetero) is 1. The summed E-state index contributed by atoms with van der Waals surface area (Å²) in [5.74, 6) is -1.44. The maximum absolute atomic E-state index is 11.1. The maximum atomic E-state index is 11.1. The second-order valence-electron chi connectivity index (χ2n) is 2.98. The third-order valence-electron chi connectivity index (χ3n) is 1.79. The number of hydrogen-bond donors (Lipinski definition) is 2. The van der Waals surface area contributed by atoms with E-state index >= 15 is 0 Å². The van der Waals surface area contributed by atoms with E-state index in [9.17, 15) is 9.59 Å². The minimum Gasteiger partial charge on any atom is -0.481 e. The molecule has 0 spiro atoms. The molecule has 4 heteroatoms. The second-order valence-corrected chi connectivity index (χ2v) is 2.98. The largest absolute Gasteiger partial charge is 0.481 e. The smallest absolute Gasteiger partial charge is 0.310 e. The van der Waals surface area contributed by atoms with E-state index in [2.05, 4.69) is 0 Å². The molecule has 0 saturated heterocycles. The van der Waals surface area contributed by atoms with Crippen molar-refractivity contribution in [1.29, 1.82) is 0 Å². The highest BCUT2D eigenvalue weighted by Gasteiger charge is 2.09. The van der Waals surface area contributed by atoms with Gasteiger partial charge in [0.15, 0.2) is 0 Å². The molecule has 0 aromatic heterocycles. The lowest BCUT2D eigenvalue weighted by Crippen LogP contribution is -2.10. The highest BCUT2D eigenvalue weighted by atomic mass is 16.4. The number of carboxylic acid groups (broad SMARTS) is 1. The number of ketones is 1. The molecule has 0 radical (unpaired) electrons. The predicted molar refractivity (Wildman–Crippen MR) is 51.8 cm³/mol. The van der Waals surface area contributed by atoms with E-state index in [1.54, 1.807) is 24.3 Å². The molecule has 74 valence electrons. The number of carbonyl (C=O) groups excluding carboxylic acids is 1. The fraction of sp³-hybridized carbons (Fsp3) is 0.200. The van der Waals surface area contributed by atoms with Gasteiger partial charge in [0.05, 0.1) is 0 Å². The van der Waals surface area contributed by atoms with Crippen molar-refractivity contribution in [1.82, 2.24) is 0 Å². The molecule has 0 aliphatic rings. The van der Waals surface area contributed by atoms with E-state index in [1.807, 2.05) is 0 Å². The van der Waals surface area contributed by atoms with E-state index in [-0.39, 0.29) is 12.2 Å². The fourth-order valence-corrected chi connectivity index (χ4v) is 1.14. The quantitative estimate of drug-likeness (QED) is 0.548. The number of para-hydroxylation sites is 1. The molecule has 0 saturated carbocycles.